The normalized spacial score (nSPS) is 14.3. The van der Waals surface area contributed by atoms with Crippen LogP contribution in [0.2, 0.25) is 0 Å². The Bertz CT molecular complexity index is 356. The molecule has 0 aliphatic rings. The van der Waals surface area contributed by atoms with E-state index in [2.05, 4.69) is 27.7 Å². The summed E-state index contributed by atoms with van der Waals surface area (Å²) in [5, 5.41) is 35.2. The van der Waals surface area contributed by atoms with Gasteiger partial charge in [-0.3, -0.25) is 9.59 Å². The molecule has 0 bridgehead atoms. The summed E-state index contributed by atoms with van der Waals surface area (Å²) >= 11 is 0. The molecule has 6 heteroatoms. The zero-order valence-corrected chi connectivity index (χ0v) is 17.0. The van der Waals surface area contributed by atoms with Crippen LogP contribution < -0.4 is 0 Å². The molecule has 6 nitrogen and oxygen atoms in total. The molecule has 0 aromatic carbocycles. The summed E-state index contributed by atoms with van der Waals surface area (Å²) in [5.41, 5.74) is 0. The number of carboxylic acids is 2. The number of unbranched alkanes of at least 4 members (excludes halogenated alkanes) is 1. The van der Waals surface area contributed by atoms with E-state index in [4.69, 9.17) is 10.2 Å². The fourth-order valence-corrected chi connectivity index (χ4v) is 2.45. The minimum atomic E-state index is -0.920. The maximum absolute atomic E-state index is 10.2. The lowest BCUT2D eigenvalue weighted by Crippen LogP contribution is -2.12. The lowest BCUT2D eigenvalue weighted by molar-refractivity contribution is -0.140. The predicted molar refractivity (Wildman–Crippen MR) is 103 cm³/mol. The second-order valence-electron chi connectivity index (χ2n) is 7.63. The molecule has 4 N–H and O–H groups in total. The Hall–Kier alpha value is -1.14. The van der Waals surface area contributed by atoms with Gasteiger partial charge in [-0.1, -0.05) is 66.2 Å². The fraction of sp³-hybridized carbons (Fsp3) is 0.900. The van der Waals surface area contributed by atoms with Crippen molar-refractivity contribution in [2.24, 2.45) is 11.8 Å². The van der Waals surface area contributed by atoms with E-state index in [0.29, 0.717) is 24.7 Å². The van der Waals surface area contributed by atoms with E-state index in [9.17, 15) is 19.8 Å². The third-order valence-electron chi connectivity index (χ3n) is 4.32. The molecule has 1 unspecified atom stereocenters. The van der Waals surface area contributed by atoms with Crippen LogP contribution in [0.25, 0.3) is 0 Å². The maximum atomic E-state index is 10.2. The molecule has 156 valence electrons. The van der Waals surface area contributed by atoms with Gasteiger partial charge < -0.3 is 20.4 Å². The lowest BCUT2D eigenvalue weighted by Gasteiger charge is -2.10. The van der Waals surface area contributed by atoms with Gasteiger partial charge in [-0.05, 0) is 24.7 Å². The van der Waals surface area contributed by atoms with E-state index in [1.807, 2.05) is 0 Å². The number of aliphatic hydroxyl groups excluding tert-OH is 2. The van der Waals surface area contributed by atoms with Crippen LogP contribution in [0.5, 0.6) is 0 Å². The Kier molecular flexibility index (Phi) is 18.0. The maximum Gasteiger partial charge on any atom is 0.305 e. The van der Waals surface area contributed by atoms with Crippen molar-refractivity contribution in [2.45, 2.75) is 104 Å². The van der Waals surface area contributed by atoms with Crippen molar-refractivity contribution >= 4 is 11.9 Å². The first-order valence-corrected chi connectivity index (χ1v) is 9.88. The third-order valence-corrected chi connectivity index (χ3v) is 4.32. The predicted octanol–water partition coefficient (Wildman–Crippen LogP) is 4.08. The van der Waals surface area contributed by atoms with Gasteiger partial charge in [0.15, 0.2) is 0 Å². The minimum Gasteiger partial charge on any atom is -0.481 e. The highest BCUT2D eigenvalue weighted by atomic mass is 16.4. The first-order chi connectivity index (χ1) is 12.1. The first-order valence-electron chi connectivity index (χ1n) is 9.88. The van der Waals surface area contributed by atoms with Crippen molar-refractivity contribution in [1.29, 1.82) is 0 Å². The standard InChI is InChI=1S/2C10H20O3/c1-8(2)5-3-4-6-9(11)7-10(12)13;1-3-8(2)5-4-6-9(11)7-10(12)13/h2*8-9,11H,3-7H2,1-2H3,(H,12,13)/t9-;8?,9-/m11/s1. The Morgan fingerprint density at radius 1 is 0.731 bits per heavy atom. The van der Waals surface area contributed by atoms with Crippen LogP contribution in [0.15, 0.2) is 0 Å². The van der Waals surface area contributed by atoms with Crippen LogP contribution >= 0.6 is 0 Å². The molecule has 0 aromatic heterocycles. The van der Waals surface area contributed by atoms with E-state index in [1.165, 1.54) is 0 Å². The van der Waals surface area contributed by atoms with E-state index in [0.717, 1.165) is 38.5 Å². The lowest BCUT2D eigenvalue weighted by atomic mass is 9.99. The van der Waals surface area contributed by atoms with Crippen molar-refractivity contribution < 1.29 is 30.0 Å². The van der Waals surface area contributed by atoms with Crippen LogP contribution in [0.4, 0.5) is 0 Å². The summed E-state index contributed by atoms with van der Waals surface area (Å²) in [6.07, 6.45) is 5.94. The topological polar surface area (TPSA) is 115 Å². The van der Waals surface area contributed by atoms with Gasteiger partial charge in [0.1, 0.15) is 0 Å². The molecule has 0 amide bonds. The zero-order chi connectivity index (χ0) is 20.5. The SMILES string of the molecule is CC(C)CCCC[C@@H](O)CC(=O)O.CCC(C)CCC[C@@H](O)CC(=O)O. The van der Waals surface area contributed by atoms with Crippen molar-refractivity contribution in [2.75, 3.05) is 0 Å². The van der Waals surface area contributed by atoms with Crippen molar-refractivity contribution in [3.05, 3.63) is 0 Å². The highest BCUT2D eigenvalue weighted by Crippen LogP contribution is 2.13. The summed E-state index contributed by atoms with van der Waals surface area (Å²) in [6, 6.07) is 0. The van der Waals surface area contributed by atoms with Gasteiger partial charge in [0, 0.05) is 0 Å². The van der Waals surface area contributed by atoms with Crippen molar-refractivity contribution in [3.63, 3.8) is 0 Å². The van der Waals surface area contributed by atoms with Gasteiger partial charge in [-0.25, -0.2) is 0 Å². The van der Waals surface area contributed by atoms with Crippen LogP contribution in [-0.4, -0.2) is 44.6 Å². The molecule has 0 fully saturated rings. The molecular weight excluding hydrogens is 336 g/mol. The van der Waals surface area contributed by atoms with Gasteiger partial charge in [-0.2, -0.15) is 0 Å². The van der Waals surface area contributed by atoms with Crippen molar-refractivity contribution in [3.8, 4) is 0 Å². The third kappa shape index (κ3) is 22.9. The molecule has 0 aliphatic carbocycles. The fourth-order valence-electron chi connectivity index (χ4n) is 2.45. The molecule has 3 atom stereocenters. The van der Waals surface area contributed by atoms with E-state index in [-0.39, 0.29) is 12.8 Å². The second kappa shape index (κ2) is 17.3. The van der Waals surface area contributed by atoms with E-state index in [1.54, 1.807) is 0 Å². The number of rotatable bonds is 14. The molecule has 26 heavy (non-hydrogen) atoms. The molecule has 0 aliphatic heterocycles. The number of hydrogen-bond acceptors (Lipinski definition) is 4. The summed E-state index contributed by atoms with van der Waals surface area (Å²) < 4.78 is 0. The van der Waals surface area contributed by atoms with E-state index < -0.39 is 24.1 Å². The molecule has 0 radical (unpaired) electrons. The van der Waals surface area contributed by atoms with Crippen LogP contribution in [0.1, 0.15) is 91.9 Å². The van der Waals surface area contributed by atoms with Crippen LogP contribution in [0.3, 0.4) is 0 Å². The Morgan fingerprint density at radius 3 is 1.54 bits per heavy atom. The average molecular weight is 377 g/mol. The molecule has 0 saturated carbocycles. The summed E-state index contributed by atoms with van der Waals surface area (Å²) in [5.74, 6) is -0.471. The molecule has 0 heterocycles. The number of aliphatic hydroxyl groups is 2. The number of hydrogen-bond donors (Lipinski definition) is 4. The molecule has 0 rings (SSSR count). The molecule has 0 aromatic rings. The monoisotopic (exact) mass is 376 g/mol. The molecule has 0 spiro atoms. The van der Waals surface area contributed by atoms with E-state index >= 15 is 0 Å². The van der Waals surface area contributed by atoms with Crippen LogP contribution in [-0.2, 0) is 9.59 Å². The largest absolute Gasteiger partial charge is 0.481 e. The molecule has 0 saturated heterocycles. The zero-order valence-electron chi connectivity index (χ0n) is 17.0. The average Bonchev–Trinajstić information content (AvgIpc) is 2.50. The Labute approximate surface area is 158 Å². The smallest absolute Gasteiger partial charge is 0.305 e. The van der Waals surface area contributed by atoms with Gasteiger partial charge >= 0.3 is 11.9 Å². The Balaban J connectivity index is 0. The van der Waals surface area contributed by atoms with Gasteiger partial charge in [-0.15, -0.1) is 0 Å². The van der Waals surface area contributed by atoms with Crippen LogP contribution in [0, 0.1) is 11.8 Å². The Morgan fingerprint density at radius 2 is 1.15 bits per heavy atom. The summed E-state index contributed by atoms with van der Waals surface area (Å²) in [6.45, 7) is 8.63. The van der Waals surface area contributed by atoms with Gasteiger partial charge in [0.05, 0.1) is 25.0 Å². The highest BCUT2D eigenvalue weighted by Gasteiger charge is 2.10. The van der Waals surface area contributed by atoms with Gasteiger partial charge in [0.25, 0.3) is 0 Å². The van der Waals surface area contributed by atoms with Gasteiger partial charge in [0.2, 0.25) is 0 Å². The number of carboxylic acid groups (broad SMARTS) is 2. The first kappa shape index (κ1) is 27.1. The number of carbonyl (C=O) groups is 2. The minimum absolute atomic E-state index is 0.123. The molecular formula is C20H40O6. The summed E-state index contributed by atoms with van der Waals surface area (Å²) in [4.78, 5) is 20.4. The second-order valence-corrected chi connectivity index (χ2v) is 7.63. The quantitative estimate of drug-likeness (QED) is 0.340. The number of aliphatic carboxylic acids is 2. The highest BCUT2D eigenvalue weighted by molar-refractivity contribution is 5.67. The summed E-state index contributed by atoms with van der Waals surface area (Å²) in [7, 11) is 0. The van der Waals surface area contributed by atoms with Crippen molar-refractivity contribution in [1.82, 2.24) is 0 Å².